The van der Waals surface area contributed by atoms with Crippen LogP contribution in [0.15, 0.2) is 41.3 Å². The van der Waals surface area contributed by atoms with Crippen LogP contribution in [0.1, 0.15) is 35.2 Å². The highest BCUT2D eigenvalue weighted by atomic mass is 32.2. The van der Waals surface area contributed by atoms with Crippen molar-refractivity contribution in [2.24, 2.45) is 11.8 Å². The Labute approximate surface area is 162 Å². The molecule has 0 radical (unpaired) electrons. The number of nitro groups is 1. The summed E-state index contributed by atoms with van der Waals surface area (Å²) < 4.78 is 38.7. The van der Waals surface area contributed by atoms with Gasteiger partial charge in [-0.1, -0.05) is 6.08 Å². The minimum atomic E-state index is -4.78. The Morgan fingerprint density at radius 2 is 2.00 bits per heavy atom. The predicted octanol–water partition coefficient (Wildman–Crippen LogP) is 4.97. The molecule has 0 aliphatic heterocycles. The number of Topliss-reactive ketones (excluding diaryl/α,β-unsaturated/α-hetero) is 2. The van der Waals surface area contributed by atoms with Crippen LogP contribution in [-0.4, -0.2) is 22.2 Å². The molecular formula is C19H16F3NO4S. The van der Waals surface area contributed by atoms with Gasteiger partial charge in [-0.15, -0.1) is 18.3 Å². The van der Waals surface area contributed by atoms with Gasteiger partial charge in [-0.05, 0) is 37.3 Å². The first kappa shape index (κ1) is 20.3. The van der Waals surface area contributed by atoms with E-state index < -0.39 is 33.7 Å². The number of benzene rings is 1. The van der Waals surface area contributed by atoms with Gasteiger partial charge in [0.05, 0.1) is 16.1 Å². The molecule has 9 heteroatoms. The molecule has 148 valence electrons. The molecule has 0 heterocycles. The number of halogens is 3. The minimum absolute atomic E-state index is 0.0140. The number of allylic oxidation sites excluding steroid dienone is 2. The van der Waals surface area contributed by atoms with Gasteiger partial charge >= 0.3 is 6.18 Å². The number of hydrogen-bond acceptors (Lipinski definition) is 5. The zero-order valence-corrected chi connectivity index (χ0v) is 15.4. The van der Waals surface area contributed by atoms with E-state index in [2.05, 4.69) is 6.58 Å². The number of thioether (sulfide) groups is 1. The molecule has 0 spiro atoms. The van der Waals surface area contributed by atoms with Crippen LogP contribution in [0.5, 0.6) is 0 Å². The fourth-order valence-electron chi connectivity index (χ4n) is 3.74. The summed E-state index contributed by atoms with van der Waals surface area (Å²) in [5.74, 6) is -1.10. The number of alkyl halides is 3. The highest BCUT2D eigenvalue weighted by Gasteiger charge is 2.44. The molecule has 1 aromatic rings. The number of ketones is 2. The number of nitrogens with zero attached hydrogens (tertiary/aromatic N) is 1. The maximum Gasteiger partial charge on any atom is 0.416 e. The molecule has 0 saturated heterocycles. The molecule has 0 N–H and O–H groups in total. The summed E-state index contributed by atoms with van der Waals surface area (Å²) in [4.78, 5) is 36.8. The Hall–Kier alpha value is -2.42. The normalized spacial score (nSPS) is 21.8. The maximum atomic E-state index is 13.1. The van der Waals surface area contributed by atoms with Crippen LogP contribution in [0.2, 0.25) is 0 Å². The van der Waals surface area contributed by atoms with Gasteiger partial charge in [0.1, 0.15) is 5.56 Å². The molecule has 2 aliphatic carbocycles. The van der Waals surface area contributed by atoms with Crippen molar-refractivity contribution in [3.05, 3.63) is 62.6 Å². The van der Waals surface area contributed by atoms with Crippen LogP contribution in [0, 0.1) is 22.0 Å². The van der Waals surface area contributed by atoms with Crippen molar-refractivity contribution >= 4 is 29.0 Å². The summed E-state index contributed by atoms with van der Waals surface area (Å²) in [6, 6.07) is 1.75. The summed E-state index contributed by atoms with van der Waals surface area (Å²) in [6.45, 7) is 3.61. The van der Waals surface area contributed by atoms with Crippen molar-refractivity contribution in [1.82, 2.24) is 0 Å². The van der Waals surface area contributed by atoms with Gasteiger partial charge < -0.3 is 0 Å². The zero-order valence-electron chi connectivity index (χ0n) is 14.6. The Balaban J connectivity index is 2.12. The molecular weight excluding hydrogens is 395 g/mol. The maximum absolute atomic E-state index is 13.1. The Morgan fingerprint density at radius 1 is 1.32 bits per heavy atom. The van der Waals surface area contributed by atoms with Crippen molar-refractivity contribution in [1.29, 1.82) is 0 Å². The molecule has 1 aromatic carbocycles. The molecule has 2 bridgehead atoms. The smallest absolute Gasteiger partial charge is 0.294 e. The highest BCUT2D eigenvalue weighted by Crippen LogP contribution is 2.48. The zero-order chi connectivity index (χ0) is 20.6. The Bertz CT molecular complexity index is 907. The number of nitro benzene ring substituents is 1. The number of fused-ring (bicyclic) bond motifs is 2. The molecule has 28 heavy (non-hydrogen) atoms. The third kappa shape index (κ3) is 3.63. The second-order valence-electron chi connectivity index (χ2n) is 6.73. The lowest BCUT2D eigenvalue weighted by molar-refractivity contribution is -0.385. The van der Waals surface area contributed by atoms with E-state index in [9.17, 15) is 32.9 Å². The highest BCUT2D eigenvalue weighted by molar-refractivity contribution is 8.03. The van der Waals surface area contributed by atoms with Crippen LogP contribution >= 0.6 is 11.8 Å². The average Bonchev–Trinajstić information content (AvgIpc) is 3.08. The Morgan fingerprint density at radius 3 is 2.61 bits per heavy atom. The molecule has 0 aromatic heterocycles. The topological polar surface area (TPSA) is 77.3 Å². The molecule has 0 amide bonds. The minimum Gasteiger partial charge on any atom is -0.294 e. The van der Waals surface area contributed by atoms with Gasteiger partial charge in [0.15, 0.2) is 5.78 Å². The standard InChI is InChI=1S/C19H16F3NO4S/c1-2-7-28-18-11-4-3-10(8-11)16(24)15(18)17(25)13-6-5-12(19(20,21)22)9-14(13)23(26)27/h2,5-6,9-11H,1,3-4,7-8H2. The first-order valence-corrected chi connectivity index (χ1v) is 9.56. The van der Waals surface area contributed by atoms with Crippen molar-refractivity contribution in [3.63, 3.8) is 0 Å². The quantitative estimate of drug-likeness (QED) is 0.217. The van der Waals surface area contributed by atoms with Crippen molar-refractivity contribution in [2.75, 3.05) is 5.75 Å². The average molecular weight is 411 g/mol. The lowest BCUT2D eigenvalue weighted by Gasteiger charge is -2.24. The fraction of sp³-hybridized carbons (Fsp3) is 0.368. The number of carbonyl (C=O) groups excluding carboxylic acids is 2. The summed E-state index contributed by atoms with van der Waals surface area (Å²) >= 11 is 1.28. The number of hydrogen-bond donors (Lipinski definition) is 0. The van der Waals surface area contributed by atoms with Gasteiger partial charge in [0, 0.05) is 22.6 Å². The van der Waals surface area contributed by atoms with Gasteiger partial charge in [-0.3, -0.25) is 19.7 Å². The van der Waals surface area contributed by atoms with Crippen molar-refractivity contribution in [3.8, 4) is 0 Å². The molecule has 3 rings (SSSR count). The van der Waals surface area contributed by atoms with Crippen molar-refractivity contribution < 1.29 is 27.7 Å². The molecule has 1 saturated carbocycles. The van der Waals surface area contributed by atoms with Crippen LogP contribution in [0.4, 0.5) is 18.9 Å². The first-order valence-electron chi connectivity index (χ1n) is 8.57. The van der Waals surface area contributed by atoms with E-state index in [1.165, 1.54) is 11.8 Å². The lowest BCUT2D eigenvalue weighted by atomic mass is 9.84. The summed E-state index contributed by atoms with van der Waals surface area (Å²) in [5, 5.41) is 11.3. The van der Waals surface area contributed by atoms with Gasteiger partial charge in [0.2, 0.25) is 5.78 Å². The van der Waals surface area contributed by atoms with Gasteiger partial charge in [0.25, 0.3) is 5.69 Å². The predicted molar refractivity (Wildman–Crippen MR) is 97.9 cm³/mol. The molecule has 1 fully saturated rings. The van der Waals surface area contributed by atoms with Crippen molar-refractivity contribution in [2.45, 2.75) is 25.4 Å². The molecule has 2 atom stereocenters. The van der Waals surface area contributed by atoms with E-state index >= 15 is 0 Å². The third-order valence-corrected chi connectivity index (χ3v) is 6.27. The first-order chi connectivity index (χ1) is 13.1. The molecule has 5 nitrogen and oxygen atoms in total. The summed E-state index contributed by atoms with van der Waals surface area (Å²) in [6.07, 6.45) is -1.16. The van der Waals surface area contributed by atoms with E-state index in [0.29, 0.717) is 35.6 Å². The lowest BCUT2D eigenvalue weighted by Crippen LogP contribution is -2.27. The SMILES string of the molecule is C=CCSC1=C(C(=O)c2ccc(C(F)(F)F)cc2[N+](=O)[O-])C(=O)C2CCC1C2. The monoisotopic (exact) mass is 411 g/mol. The van der Waals surface area contributed by atoms with E-state index in [-0.39, 0.29) is 23.2 Å². The van der Waals surface area contributed by atoms with Crippen LogP contribution in [0.25, 0.3) is 0 Å². The van der Waals surface area contributed by atoms with E-state index in [0.717, 1.165) is 12.5 Å². The van der Waals surface area contributed by atoms with E-state index in [1.54, 1.807) is 6.08 Å². The van der Waals surface area contributed by atoms with E-state index in [1.807, 2.05) is 0 Å². The van der Waals surface area contributed by atoms with Crippen LogP contribution in [-0.2, 0) is 11.0 Å². The van der Waals surface area contributed by atoms with Crippen LogP contribution < -0.4 is 0 Å². The summed E-state index contributed by atoms with van der Waals surface area (Å²) in [5.41, 5.74) is -2.79. The summed E-state index contributed by atoms with van der Waals surface area (Å²) in [7, 11) is 0. The van der Waals surface area contributed by atoms with Crippen LogP contribution in [0.3, 0.4) is 0 Å². The number of carbonyl (C=O) groups is 2. The molecule has 2 aliphatic rings. The third-order valence-electron chi connectivity index (χ3n) is 5.02. The van der Waals surface area contributed by atoms with Gasteiger partial charge in [-0.25, -0.2) is 0 Å². The van der Waals surface area contributed by atoms with E-state index in [4.69, 9.17) is 0 Å². The van der Waals surface area contributed by atoms with Gasteiger partial charge in [-0.2, -0.15) is 13.2 Å². The Kier molecular flexibility index (Phi) is 5.47. The molecule has 2 unspecified atom stereocenters. The second kappa shape index (κ2) is 7.54. The second-order valence-corrected chi connectivity index (χ2v) is 7.79. The number of rotatable bonds is 6. The largest absolute Gasteiger partial charge is 0.416 e. The fourth-order valence-corrected chi connectivity index (χ4v) is 4.82.